The van der Waals surface area contributed by atoms with Crippen LogP contribution in [0.1, 0.15) is 25.0 Å². The molecule has 6 heteroatoms. The van der Waals surface area contributed by atoms with Gasteiger partial charge in [-0.05, 0) is 36.2 Å². The maximum absolute atomic E-state index is 10.9. The van der Waals surface area contributed by atoms with Gasteiger partial charge in [-0.2, -0.15) is 0 Å². The van der Waals surface area contributed by atoms with Gasteiger partial charge in [-0.3, -0.25) is 4.79 Å². The molecule has 0 saturated heterocycles. The van der Waals surface area contributed by atoms with Crippen molar-refractivity contribution >= 4 is 17.0 Å². The van der Waals surface area contributed by atoms with E-state index < -0.39 is 5.97 Å². The third kappa shape index (κ3) is 3.48. The lowest BCUT2D eigenvalue weighted by Gasteiger charge is -2.08. The van der Waals surface area contributed by atoms with E-state index in [0.29, 0.717) is 27.8 Å². The number of fused-ring (bicyclic) bond motifs is 1. The van der Waals surface area contributed by atoms with Crippen molar-refractivity contribution in [3.63, 3.8) is 0 Å². The van der Waals surface area contributed by atoms with E-state index in [-0.39, 0.29) is 12.2 Å². The van der Waals surface area contributed by atoms with Gasteiger partial charge in [0.15, 0.2) is 0 Å². The first-order valence-corrected chi connectivity index (χ1v) is 7.41. The summed E-state index contributed by atoms with van der Waals surface area (Å²) in [7, 11) is 0. The molecular formula is C17H19N3O3. The van der Waals surface area contributed by atoms with Crippen LogP contribution in [0.5, 0.6) is 5.75 Å². The van der Waals surface area contributed by atoms with Gasteiger partial charge in [0.1, 0.15) is 22.5 Å². The zero-order valence-corrected chi connectivity index (χ0v) is 13.3. The molecule has 0 atom stereocenters. The Bertz CT molecular complexity index is 807. The molecule has 0 aliphatic rings. The molecule has 1 aromatic heterocycles. The predicted octanol–water partition coefficient (Wildman–Crippen LogP) is 3.09. The first-order valence-electron chi connectivity index (χ1n) is 7.41. The van der Waals surface area contributed by atoms with Gasteiger partial charge in [0, 0.05) is 0 Å². The highest BCUT2D eigenvalue weighted by atomic mass is 16.4. The average molecular weight is 313 g/mol. The van der Waals surface area contributed by atoms with Crippen molar-refractivity contribution in [2.45, 2.75) is 27.2 Å². The van der Waals surface area contributed by atoms with Crippen molar-refractivity contribution in [3.8, 4) is 11.4 Å². The number of phenolic OH excluding ortho intramolecular Hbond substituents is 1. The van der Waals surface area contributed by atoms with Crippen molar-refractivity contribution in [2.75, 3.05) is 0 Å². The summed E-state index contributed by atoms with van der Waals surface area (Å²) in [5.74, 6) is -0.880. The molecule has 120 valence electrons. The maximum atomic E-state index is 10.9. The molecule has 6 nitrogen and oxygen atoms in total. The number of aliphatic carboxylic acids is 1. The molecule has 0 radical (unpaired) electrons. The lowest BCUT2D eigenvalue weighted by molar-refractivity contribution is -0.136. The van der Waals surface area contributed by atoms with E-state index in [1.807, 2.05) is 38.1 Å². The third-order valence-corrected chi connectivity index (χ3v) is 3.20. The zero-order valence-electron chi connectivity index (χ0n) is 13.3. The van der Waals surface area contributed by atoms with E-state index in [2.05, 4.69) is 10.2 Å². The van der Waals surface area contributed by atoms with Crippen LogP contribution in [0, 0.1) is 6.92 Å². The minimum absolute atomic E-state index is 0.0458. The van der Waals surface area contributed by atoms with Gasteiger partial charge in [0.05, 0.1) is 6.42 Å². The number of aromatic hydroxyl groups is 1. The standard InChI is InChI=1S/C15H13N3O3.C2H6/c1-9-6-10(8-14(19)20)7-13(15(9)21)18-16-11-4-2-3-5-12(11)17-18;1-2/h2-7,21H,8H2,1H3,(H,19,20);1-2H3. The summed E-state index contributed by atoms with van der Waals surface area (Å²) < 4.78 is 0. The number of hydrogen-bond acceptors (Lipinski definition) is 4. The van der Waals surface area contributed by atoms with Crippen molar-refractivity contribution < 1.29 is 15.0 Å². The molecule has 0 unspecified atom stereocenters. The van der Waals surface area contributed by atoms with E-state index >= 15 is 0 Å². The van der Waals surface area contributed by atoms with Crippen molar-refractivity contribution in [1.29, 1.82) is 0 Å². The fourth-order valence-electron chi connectivity index (χ4n) is 2.23. The fourth-order valence-corrected chi connectivity index (χ4v) is 2.23. The highest BCUT2D eigenvalue weighted by Gasteiger charge is 2.13. The summed E-state index contributed by atoms with van der Waals surface area (Å²) in [4.78, 5) is 12.2. The van der Waals surface area contributed by atoms with Gasteiger partial charge in [0.25, 0.3) is 0 Å². The first kappa shape index (κ1) is 16.5. The minimum atomic E-state index is -0.926. The molecule has 0 aliphatic carbocycles. The van der Waals surface area contributed by atoms with Crippen LogP contribution in [0.2, 0.25) is 0 Å². The predicted molar refractivity (Wildman–Crippen MR) is 88.0 cm³/mol. The lowest BCUT2D eigenvalue weighted by atomic mass is 10.1. The number of phenols is 1. The van der Waals surface area contributed by atoms with Crippen LogP contribution < -0.4 is 0 Å². The monoisotopic (exact) mass is 313 g/mol. The van der Waals surface area contributed by atoms with Crippen LogP contribution in [0.4, 0.5) is 0 Å². The van der Waals surface area contributed by atoms with Crippen LogP contribution >= 0.6 is 0 Å². The molecular weight excluding hydrogens is 294 g/mol. The molecule has 0 fully saturated rings. The van der Waals surface area contributed by atoms with Gasteiger partial charge in [-0.1, -0.05) is 32.0 Å². The highest BCUT2D eigenvalue weighted by Crippen LogP contribution is 2.27. The topological polar surface area (TPSA) is 88.2 Å². The second-order valence-corrected chi connectivity index (χ2v) is 4.83. The molecule has 0 amide bonds. The summed E-state index contributed by atoms with van der Waals surface area (Å²) >= 11 is 0. The quantitative estimate of drug-likeness (QED) is 0.775. The van der Waals surface area contributed by atoms with Crippen LogP contribution in [-0.2, 0) is 11.2 Å². The van der Waals surface area contributed by atoms with Crippen molar-refractivity contribution in [2.24, 2.45) is 0 Å². The Morgan fingerprint density at radius 2 is 1.70 bits per heavy atom. The highest BCUT2D eigenvalue weighted by molar-refractivity contribution is 5.74. The van der Waals surface area contributed by atoms with Crippen LogP contribution in [-0.4, -0.2) is 31.2 Å². The summed E-state index contributed by atoms with van der Waals surface area (Å²) in [6.45, 7) is 5.72. The molecule has 1 heterocycles. The average Bonchev–Trinajstić information content (AvgIpc) is 2.96. The Morgan fingerprint density at radius 3 is 2.22 bits per heavy atom. The number of rotatable bonds is 3. The molecule has 0 bridgehead atoms. The maximum Gasteiger partial charge on any atom is 0.307 e. The van der Waals surface area contributed by atoms with Crippen molar-refractivity contribution in [1.82, 2.24) is 15.0 Å². The van der Waals surface area contributed by atoms with E-state index in [1.165, 1.54) is 4.80 Å². The summed E-state index contributed by atoms with van der Waals surface area (Å²) in [5.41, 5.74) is 2.97. The van der Waals surface area contributed by atoms with Gasteiger partial charge in [-0.25, -0.2) is 0 Å². The Morgan fingerprint density at radius 1 is 1.13 bits per heavy atom. The Balaban J connectivity index is 0.000000924. The van der Waals surface area contributed by atoms with Gasteiger partial charge >= 0.3 is 5.97 Å². The number of carbonyl (C=O) groups is 1. The number of benzene rings is 2. The molecule has 2 aromatic carbocycles. The summed E-state index contributed by atoms with van der Waals surface area (Å²) in [6.07, 6.45) is -0.116. The van der Waals surface area contributed by atoms with Crippen molar-refractivity contribution in [3.05, 3.63) is 47.5 Å². The zero-order chi connectivity index (χ0) is 17.0. The molecule has 3 aromatic rings. The number of nitrogens with zero attached hydrogens (tertiary/aromatic N) is 3. The molecule has 23 heavy (non-hydrogen) atoms. The normalized spacial score (nSPS) is 10.2. The van der Waals surface area contributed by atoms with Crippen LogP contribution in [0.3, 0.4) is 0 Å². The SMILES string of the molecule is CC.Cc1cc(CC(=O)O)cc(-n2nc3ccccc3n2)c1O. The number of hydrogen-bond donors (Lipinski definition) is 2. The smallest absolute Gasteiger partial charge is 0.307 e. The van der Waals surface area contributed by atoms with Gasteiger partial charge < -0.3 is 10.2 Å². The van der Waals surface area contributed by atoms with E-state index in [0.717, 1.165) is 0 Å². The second-order valence-electron chi connectivity index (χ2n) is 4.83. The Labute approximate surface area is 134 Å². The van der Waals surface area contributed by atoms with E-state index in [1.54, 1.807) is 19.1 Å². The number of carboxylic acid groups (broad SMARTS) is 1. The fraction of sp³-hybridized carbons (Fsp3) is 0.235. The van der Waals surface area contributed by atoms with Gasteiger partial charge in [0.2, 0.25) is 0 Å². The van der Waals surface area contributed by atoms with E-state index in [9.17, 15) is 9.90 Å². The minimum Gasteiger partial charge on any atom is -0.505 e. The summed E-state index contributed by atoms with van der Waals surface area (Å²) in [5, 5.41) is 27.7. The van der Waals surface area contributed by atoms with E-state index in [4.69, 9.17) is 5.11 Å². The number of aryl methyl sites for hydroxylation is 1. The largest absolute Gasteiger partial charge is 0.505 e. The van der Waals surface area contributed by atoms with Gasteiger partial charge in [-0.15, -0.1) is 15.0 Å². The molecule has 2 N–H and O–H groups in total. The Hall–Kier alpha value is -2.89. The first-order chi connectivity index (χ1) is 11.0. The third-order valence-electron chi connectivity index (χ3n) is 3.20. The van der Waals surface area contributed by atoms with Crippen LogP contribution in [0.25, 0.3) is 16.7 Å². The second kappa shape index (κ2) is 6.91. The molecule has 0 spiro atoms. The molecule has 0 saturated carbocycles. The molecule has 3 rings (SSSR count). The summed E-state index contributed by atoms with van der Waals surface area (Å²) in [6, 6.07) is 10.6. The lowest BCUT2D eigenvalue weighted by Crippen LogP contribution is -2.05. The molecule has 0 aliphatic heterocycles. The number of carboxylic acids is 1. The Kier molecular flexibility index (Phi) is 4.95. The number of aromatic nitrogens is 3. The van der Waals surface area contributed by atoms with Crippen LogP contribution in [0.15, 0.2) is 36.4 Å².